The lowest BCUT2D eigenvalue weighted by Gasteiger charge is -2.34. The Morgan fingerprint density at radius 3 is 2.36 bits per heavy atom. The summed E-state index contributed by atoms with van der Waals surface area (Å²) < 4.78 is 58.9. The van der Waals surface area contributed by atoms with Gasteiger partial charge in [0.15, 0.2) is 0 Å². The van der Waals surface area contributed by atoms with Gasteiger partial charge in [0, 0.05) is 19.5 Å². The van der Waals surface area contributed by atoms with Crippen LogP contribution in [0.3, 0.4) is 0 Å². The smallest absolute Gasteiger partial charge is 0.246 e. The summed E-state index contributed by atoms with van der Waals surface area (Å²) in [4.78, 5) is 12.0. The lowest BCUT2D eigenvalue weighted by Crippen LogP contribution is -2.42. The number of amides is 1. The number of rotatable bonds is 5. The molecule has 156 valence electrons. The third-order valence-corrected chi connectivity index (χ3v) is 8.54. The van der Waals surface area contributed by atoms with Crippen molar-refractivity contribution < 1.29 is 26.4 Å². The second-order valence-corrected chi connectivity index (χ2v) is 11.4. The van der Waals surface area contributed by atoms with Crippen LogP contribution >= 0.6 is 0 Å². The van der Waals surface area contributed by atoms with Crippen molar-refractivity contribution in [3.05, 3.63) is 18.2 Å². The number of carbonyl (C=O) groups is 1. The Bertz CT molecular complexity index is 964. The monoisotopic (exact) mass is 430 g/mol. The molecule has 0 unspecified atom stereocenters. The molecule has 2 aliphatic heterocycles. The van der Waals surface area contributed by atoms with E-state index >= 15 is 0 Å². The number of nitrogens with zero attached hydrogens (tertiary/aromatic N) is 2. The predicted octanol–water partition coefficient (Wildman–Crippen LogP) is 1.82. The minimum absolute atomic E-state index is 0.0302. The molecular weight excluding hydrogens is 404 g/mol. The number of anilines is 1. The Hall–Kier alpha value is -1.65. The molecule has 28 heavy (non-hydrogen) atoms. The largest absolute Gasteiger partial charge is 0.492 e. The molecule has 1 amide bonds. The average molecular weight is 431 g/mol. The Morgan fingerprint density at radius 2 is 1.82 bits per heavy atom. The van der Waals surface area contributed by atoms with Crippen molar-refractivity contribution >= 4 is 31.6 Å². The maximum Gasteiger partial charge on any atom is 0.246 e. The van der Waals surface area contributed by atoms with Gasteiger partial charge in [-0.2, -0.15) is 4.31 Å². The standard InChI is InChI=1S/C18H26N2O6S2/c1-4-26-16-6-5-15(20-18(21)7-8-27(20,22)23)10-17(16)28(24,25)19-11-13(2)9-14(3)12-19/h5-6,10,13-14H,4,7-9,11-12H2,1-3H3/t13-,14+. The summed E-state index contributed by atoms with van der Waals surface area (Å²) in [7, 11) is -7.70. The van der Waals surface area contributed by atoms with Crippen molar-refractivity contribution in [3.63, 3.8) is 0 Å². The molecule has 8 nitrogen and oxygen atoms in total. The highest BCUT2D eigenvalue weighted by Crippen LogP contribution is 2.36. The zero-order valence-corrected chi connectivity index (χ0v) is 17.9. The summed E-state index contributed by atoms with van der Waals surface area (Å²) >= 11 is 0. The van der Waals surface area contributed by atoms with Crippen molar-refractivity contribution in [2.75, 3.05) is 29.8 Å². The molecular formula is C18H26N2O6S2. The number of ether oxygens (including phenoxy) is 1. The van der Waals surface area contributed by atoms with E-state index in [0.29, 0.717) is 17.4 Å². The fourth-order valence-electron chi connectivity index (χ4n) is 3.91. The first kappa shape index (κ1) is 21.1. The minimum Gasteiger partial charge on any atom is -0.492 e. The fraction of sp³-hybridized carbons (Fsp3) is 0.611. The van der Waals surface area contributed by atoms with Crippen LogP contribution in [0, 0.1) is 11.8 Å². The highest BCUT2D eigenvalue weighted by Gasteiger charge is 2.38. The van der Waals surface area contributed by atoms with Crippen LogP contribution in [0.5, 0.6) is 5.75 Å². The SMILES string of the molecule is CCOc1ccc(N2C(=O)CCS2(=O)=O)cc1S(=O)(=O)N1C[C@H](C)C[C@H](C)C1. The van der Waals surface area contributed by atoms with Crippen LogP contribution in [0.25, 0.3) is 0 Å². The number of piperidine rings is 1. The van der Waals surface area contributed by atoms with Crippen LogP contribution in [-0.4, -0.2) is 52.5 Å². The number of carbonyl (C=O) groups excluding carboxylic acids is 1. The topological polar surface area (TPSA) is 101 Å². The molecule has 2 aliphatic rings. The molecule has 1 aromatic carbocycles. The van der Waals surface area contributed by atoms with E-state index in [4.69, 9.17) is 4.74 Å². The highest BCUT2D eigenvalue weighted by molar-refractivity contribution is 7.94. The first-order chi connectivity index (χ1) is 13.1. The summed E-state index contributed by atoms with van der Waals surface area (Å²) in [6.45, 7) is 6.80. The molecule has 2 saturated heterocycles. The van der Waals surface area contributed by atoms with Crippen LogP contribution in [0.2, 0.25) is 0 Å². The van der Waals surface area contributed by atoms with Gasteiger partial charge in [0.05, 0.1) is 18.0 Å². The highest BCUT2D eigenvalue weighted by atomic mass is 32.2. The molecule has 0 saturated carbocycles. The fourth-order valence-corrected chi connectivity index (χ4v) is 7.19. The van der Waals surface area contributed by atoms with Gasteiger partial charge in [-0.25, -0.2) is 21.1 Å². The van der Waals surface area contributed by atoms with Gasteiger partial charge in [0.2, 0.25) is 26.0 Å². The van der Waals surface area contributed by atoms with Crippen LogP contribution in [-0.2, 0) is 24.8 Å². The molecule has 0 aliphatic carbocycles. The summed E-state index contributed by atoms with van der Waals surface area (Å²) in [5.74, 6) is -0.244. The Morgan fingerprint density at radius 1 is 1.18 bits per heavy atom. The van der Waals surface area contributed by atoms with E-state index in [2.05, 4.69) is 0 Å². The van der Waals surface area contributed by atoms with Gasteiger partial charge in [0.1, 0.15) is 10.6 Å². The summed E-state index contributed by atoms with van der Waals surface area (Å²) in [5, 5.41) is 0. The second-order valence-electron chi connectivity index (χ2n) is 7.56. The number of sulfonamides is 2. The molecule has 0 radical (unpaired) electrons. The van der Waals surface area contributed by atoms with Crippen molar-refractivity contribution in [1.29, 1.82) is 0 Å². The molecule has 2 atom stereocenters. The quantitative estimate of drug-likeness (QED) is 0.706. The van der Waals surface area contributed by atoms with E-state index in [0.717, 1.165) is 6.42 Å². The first-order valence-corrected chi connectivity index (χ1v) is 12.4. The first-order valence-electron chi connectivity index (χ1n) is 9.39. The number of benzene rings is 1. The maximum atomic E-state index is 13.4. The van der Waals surface area contributed by atoms with E-state index in [1.54, 1.807) is 6.92 Å². The van der Waals surface area contributed by atoms with Crippen LogP contribution < -0.4 is 9.04 Å². The van der Waals surface area contributed by atoms with Gasteiger partial charge in [-0.3, -0.25) is 4.79 Å². The molecule has 0 N–H and O–H groups in total. The van der Waals surface area contributed by atoms with Crippen molar-refractivity contribution in [3.8, 4) is 5.75 Å². The Kier molecular flexibility index (Phi) is 5.75. The van der Waals surface area contributed by atoms with Gasteiger partial charge in [-0.05, 0) is 43.4 Å². The van der Waals surface area contributed by atoms with Gasteiger partial charge in [-0.15, -0.1) is 0 Å². The van der Waals surface area contributed by atoms with Crippen molar-refractivity contribution in [2.45, 2.75) is 38.5 Å². The lowest BCUT2D eigenvalue weighted by molar-refractivity contribution is -0.116. The Labute approximate surface area is 166 Å². The van der Waals surface area contributed by atoms with E-state index in [9.17, 15) is 21.6 Å². The van der Waals surface area contributed by atoms with Gasteiger partial charge in [-0.1, -0.05) is 13.8 Å². The normalized spacial score (nSPS) is 25.8. The number of hydrogen-bond acceptors (Lipinski definition) is 6. The molecule has 0 spiro atoms. The second kappa shape index (κ2) is 7.64. The van der Waals surface area contributed by atoms with E-state index < -0.39 is 26.0 Å². The zero-order valence-electron chi connectivity index (χ0n) is 16.3. The molecule has 2 fully saturated rings. The molecule has 0 aromatic heterocycles. The van der Waals surface area contributed by atoms with E-state index in [1.165, 1.54) is 22.5 Å². The molecule has 2 heterocycles. The molecule has 1 aromatic rings. The van der Waals surface area contributed by atoms with Crippen LogP contribution in [0.1, 0.15) is 33.6 Å². The number of hydrogen-bond donors (Lipinski definition) is 0. The molecule has 0 bridgehead atoms. The summed E-state index contributed by atoms with van der Waals surface area (Å²) in [6, 6.07) is 4.07. The lowest BCUT2D eigenvalue weighted by atomic mass is 9.94. The molecule has 10 heteroatoms. The van der Waals surface area contributed by atoms with Gasteiger partial charge >= 0.3 is 0 Å². The minimum atomic E-state index is -3.91. The predicted molar refractivity (Wildman–Crippen MR) is 105 cm³/mol. The van der Waals surface area contributed by atoms with E-state index in [1.807, 2.05) is 13.8 Å². The van der Waals surface area contributed by atoms with Gasteiger partial charge < -0.3 is 4.74 Å². The Balaban J connectivity index is 2.09. The maximum absolute atomic E-state index is 13.4. The molecule has 3 rings (SSSR count). The van der Waals surface area contributed by atoms with Crippen molar-refractivity contribution in [1.82, 2.24) is 4.31 Å². The van der Waals surface area contributed by atoms with E-state index in [-0.39, 0.29) is 46.9 Å². The van der Waals surface area contributed by atoms with Crippen LogP contribution in [0.4, 0.5) is 5.69 Å². The summed E-state index contributed by atoms with van der Waals surface area (Å²) in [6.07, 6.45) is 0.837. The third-order valence-electron chi connectivity index (χ3n) is 4.99. The average Bonchev–Trinajstić information content (AvgIpc) is 2.87. The zero-order chi connectivity index (χ0) is 20.7. The van der Waals surface area contributed by atoms with Gasteiger partial charge in [0.25, 0.3) is 0 Å². The van der Waals surface area contributed by atoms with Crippen molar-refractivity contribution in [2.24, 2.45) is 11.8 Å². The summed E-state index contributed by atoms with van der Waals surface area (Å²) in [5.41, 5.74) is 0.0302. The van der Waals surface area contributed by atoms with Crippen LogP contribution in [0.15, 0.2) is 23.1 Å². The third kappa shape index (κ3) is 3.90.